The van der Waals surface area contributed by atoms with Crippen molar-refractivity contribution in [1.29, 1.82) is 0 Å². The fraction of sp³-hybridized carbons (Fsp3) is 0.531. The molecule has 0 radical (unpaired) electrons. The Morgan fingerprint density at radius 2 is 1.51 bits per heavy atom. The van der Waals surface area contributed by atoms with Crippen LogP contribution in [0.15, 0.2) is 48.5 Å². The number of halogens is 1. The number of esters is 1. The molecular weight excluding hydrogens is 590 g/mol. The van der Waals surface area contributed by atoms with Crippen LogP contribution in [0.4, 0.5) is 5.69 Å². The highest BCUT2D eigenvalue weighted by molar-refractivity contribution is 7.91. The number of hydrazine groups is 1. The van der Waals surface area contributed by atoms with Crippen molar-refractivity contribution < 1.29 is 27.5 Å². The Balaban J connectivity index is 1.77. The van der Waals surface area contributed by atoms with Crippen LogP contribution in [0.3, 0.4) is 0 Å². The summed E-state index contributed by atoms with van der Waals surface area (Å²) in [6.45, 7) is 3.48. The van der Waals surface area contributed by atoms with Gasteiger partial charge in [-0.3, -0.25) is 14.6 Å². The summed E-state index contributed by atoms with van der Waals surface area (Å²) in [6.07, 6.45) is 11.2. The average molecular weight is 636 g/mol. The van der Waals surface area contributed by atoms with Gasteiger partial charge in [-0.1, -0.05) is 107 Å². The van der Waals surface area contributed by atoms with Crippen LogP contribution >= 0.6 is 11.6 Å². The molecule has 0 saturated heterocycles. The number of sulfone groups is 1. The molecule has 3 N–H and O–H groups in total. The van der Waals surface area contributed by atoms with Gasteiger partial charge < -0.3 is 10.1 Å². The Morgan fingerprint density at radius 1 is 0.907 bits per heavy atom. The monoisotopic (exact) mass is 635 g/mol. The number of nitrogens with two attached hydrogens (primary N) is 1. The van der Waals surface area contributed by atoms with Crippen molar-refractivity contribution in [3.63, 3.8) is 0 Å². The van der Waals surface area contributed by atoms with Crippen molar-refractivity contribution in [3.8, 4) is 0 Å². The minimum Gasteiger partial charge on any atom is -0.461 e. The number of ether oxygens (including phenoxy) is 1. The first-order valence-corrected chi connectivity index (χ1v) is 17.3. The van der Waals surface area contributed by atoms with Gasteiger partial charge >= 0.3 is 5.97 Å². The predicted molar refractivity (Wildman–Crippen MR) is 171 cm³/mol. The standard InChI is InChI=1S/C32H46ClN3O6S/c1-3-4-5-6-7-8-9-10-11-15-21-43(40,41)22-20-42-32(39)27-18-19-28(33)29(23-27)35-30(37)25(2)31(38)36(34)24-26-16-13-12-14-17-26/h12-14,16-19,23,25H,3-11,15,20-22,24,34H2,1-2H3,(H,35,37). The number of nitrogens with zero attached hydrogens (tertiary/aromatic N) is 1. The molecule has 1 atom stereocenters. The molecule has 43 heavy (non-hydrogen) atoms. The van der Waals surface area contributed by atoms with Crippen LogP contribution in [0, 0.1) is 5.92 Å². The Bertz CT molecular complexity index is 1270. The molecule has 2 rings (SSSR count). The third kappa shape index (κ3) is 13.9. The van der Waals surface area contributed by atoms with Crippen molar-refractivity contribution in [2.75, 3.05) is 23.4 Å². The predicted octanol–water partition coefficient (Wildman–Crippen LogP) is 6.31. The van der Waals surface area contributed by atoms with Gasteiger partial charge in [-0.15, -0.1) is 0 Å². The van der Waals surface area contributed by atoms with E-state index in [9.17, 15) is 22.8 Å². The van der Waals surface area contributed by atoms with Crippen molar-refractivity contribution in [2.45, 2.75) is 84.6 Å². The SMILES string of the molecule is CCCCCCCCCCCCS(=O)(=O)CCOC(=O)c1ccc(Cl)c(NC(=O)C(C)C(=O)N(N)Cc2ccccc2)c1. The van der Waals surface area contributed by atoms with E-state index in [4.69, 9.17) is 22.2 Å². The van der Waals surface area contributed by atoms with Gasteiger partial charge in [-0.2, -0.15) is 0 Å². The van der Waals surface area contributed by atoms with Crippen molar-refractivity contribution in [2.24, 2.45) is 11.8 Å². The molecule has 0 spiro atoms. The number of hydrogen-bond acceptors (Lipinski definition) is 7. The van der Waals surface area contributed by atoms with Crippen LogP contribution in [0.2, 0.25) is 5.02 Å². The zero-order valence-corrected chi connectivity index (χ0v) is 26.9. The Hall–Kier alpha value is -2.95. The zero-order valence-electron chi connectivity index (χ0n) is 25.4. The normalized spacial score (nSPS) is 12.0. The lowest BCUT2D eigenvalue weighted by Crippen LogP contribution is -2.43. The van der Waals surface area contributed by atoms with Crippen LogP contribution in [-0.2, 0) is 30.7 Å². The van der Waals surface area contributed by atoms with Crippen LogP contribution in [0.5, 0.6) is 0 Å². The van der Waals surface area contributed by atoms with Gasteiger partial charge in [0.25, 0.3) is 0 Å². The summed E-state index contributed by atoms with van der Waals surface area (Å²) in [7, 11) is -3.34. The number of nitrogens with one attached hydrogen (secondary N) is 1. The summed E-state index contributed by atoms with van der Waals surface area (Å²) in [5.41, 5.74) is 1.00. The Kier molecular flexibility index (Phi) is 16.3. The molecule has 2 aromatic rings. The van der Waals surface area contributed by atoms with Gasteiger partial charge in [0.15, 0.2) is 9.84 Å². The van der Waals surface area contributed by atoms with Gasteiger partial charge in [-0.05, 0) is 37.1 Å². The lowest BCUT2D eigenvalue weighted by atomic mass is 10.1. The maximum atomic E-state index is 12.8. The van der Waals surface area contributed by atoms with Crippen molar-refractivity contribution in [3.05, 3.63) is 64.7 Å². The molecule has 0 fully saturated rings. The molecule has 238 valence electrons. The molecule has 1 unspecified atom stereocenters. The van der Waals surface area contributed by atoms with Crippen molar-refractivity contribution in [1.82, 2.24) is 5.01 Å². The number of unbranched alkanes of at least 4 members (excludes halogenated alkanes) is 9. The minimum absolute atomic E-state index is 0.0701. The smallest absolute Gasteiger partial charge is 0.338 e. The van der Waals surface area contributed by atoms with E-state index in [2.05, 4.69) is 12.2 Å². The Labute approximate surface area is 261 Å². The third-order valence-corrected chi connectivity index (χ3v) is 9.17. The number of rotatable bonds is 20. The lowest BCUT2D eigenvalue weighted by molar-refractivity contribution is -0.140. The molecule has 2 aromatic carbocycles. The van der Waals surface area contributed by atoms with E-state index in [0.29, 0.717) is 6.42 Å². The number of amides is 2. The van der Waals surface area contributed by atoms with Gasteiger partial charge in [-0.25, -0.2) is 19.1 Å². The summed E-state index contributed by atoms with van der Waals surface area (Å²) < 4.78 is 29.9. The van der Waals surface area contributed by atoms with E-state index >= 15 is 0 Å². The zero-order chi connectivity index (χ0) is 31.7. The summed E-state index contributed by atoms with van der Waals surface area (Å²) >= 11 is 6.21. The molecule has 0 aliphatic carbocycles. The highest BCUT2D eigenvalue weighted by Gasteiger charge is 2.26. The maximum absolute atomic E-state index is 12.8. The molecule has 11 heteroatoms. The molecule has 0 heterocycles. The first-order chi connectivity index (χ1) is 20.5. The largest absolute Gasteiger partial charge is 0.461 e. The topological polar surface area (TPSA) is 136 Å². The lowest BCUT2D eigenvalue weighted by Gasteiger charge is -2.21. The molecule has 0 saturated carbocycles. The van der Waals surface area contributed by atoms with Crippen LogP contribution in [-0.4, -0.2) is 49.3 Å². The second kappa shape index (κ2) is 19.4. The number of benzene rings is 2. The molecular formula is C32H46ClN3O6S. The van der Waals surface area contributed by atoms with Gasteiger partial charge in [0.2, 0.25) is 11.8 Å². The third-order valence-electron chi connectivity index (χ3n) is 7.14. The highest BCUT2D eigenvalue weighted by Crippen LogP contribution is 2.24. The highest BCUT2D eigenvalue weighted by atomic mass is 35.5. The van der Waals surface area contributed by atoms with Crippen LogP contribution < -0.4 is 11.2 Å². The average Bonchev–Trinajstić information content (AvgIpc) is 2.98. The van der Waals surface area contributed by atoms with E-state index in [1.807, 2.05) is 30.3 Å². The molecule has 0 aliphatic rings. The summed E-state index contributed by atoms with van der Waals surface area (Å²) in [5.74, 6) is 2.59. The quantitative estimate of drug-likeness (QED) is 0.0434. The number of hydrogen-bond donors (Lipinski definition) is 2. The minimum atomic E-state index is -3.34. The van der Waals surface area contributed by atoms with E-state index in [1.54, 1.807) is 0 Å². The molecule has 0 aromatic heterocycles. The Morgan fingerprint density at radius 3 is 2.14 bits per heavy atom. The number of anilines is 1. The van der Waals surface area contributed by atoms with E-state index < -0.39 is 33.5 Å². The first kappa shape index (κ1) is 36.2. The van der Waals surface area contributed by atoms with Crippen molar-refractivity contribution >= 4 is 44.9 Å². The van der Waals surface area contributed by atoms with Crippen LogP contribution in [0.1, 0.15) is 94.0 Å². The fourth-order valence-electron chi connectivity index (χ4n) is 4.46. The van der Waals surface area contributed by atoms with E-state index in [-0.39, 0.29) is 40.9 Å². The second-order valence-electron chi connectivity index (χ2n) is 10.8. The maximum Gasteiger partial charge on any atom is 0.338 e. The molecule has 0 aliphatic heterocycles. The molecule has 9 nitrogen and oxygen atoms in total. The first-order valence-electron chi connectivity index (χ1n) is 15.1. The van der Waals surface area contributed by atoms with Gasteiger partial charge in [0.1, 0.15) is 12.5 Å². The van der Waals surface area contributed by atoms with Gasteiger partial charge in [0.05, 0.1) is 34.3 Å². The van der Waals surface area contributed by atoms with E-state index in [1.165, 1.54) is 63.6 Å². The van der Waals surface area contributed by atoms with Gasteiger partial charge in [0, 0.05) is 0 Å². The summed E-state index contributed by atoms with van der Waals surface area (Å²) in [4.78, 5) is 38.0. The summed E-state index contributed by atoms with van der Waals surface area (Å²) in [5, 5.41) is 3.68. The molecule has 0 bridgehead atoms. The second-order valence-corrected chi connectivity index (χ2v) is 13.5. The molecule has 2 amide bonds. The summed E-state index contributed by atoms with van der Waals surface area (Å²) in [6, 6.07) is 13.3. The fourth-order valence-corrected chi connectivity index (χ4v) is 5.81. The van der Waals surface area contributed by atoms with Crippen LogP contribution in [0.25, 0.3) is 0 Å². The number of carbonyl (C=O) groups is 3. The number of carbonyl (C=O) groups excluding carboxylic acids is 3. The van der Waals surface area contributed by atoms with E-state index in [0.717, 1.165) is 29.8 Å².